The van der Waals surface area contributed by atoms with Crippen LogP contribution in [0.4, 0.5) is 0 Å². The number of aryl methyl sites for hydroxylation is 1. The van der Waals surface area contributed by atoms with E-state index in [1.807, 2.05) is 48.5 Å². The van der Waals surface area contributed by atoms with E-state index >= 15 is 0 Å². The SMILES string of the molecule is COc1cccc(CN[C@@H](Cc2cc(=O)[nH]c(C)n2)c2ccc(Cl)cc2)c1. The van der Waals surface area contributed by atoms with E-state index < -0.39 is 0 Å². The average Bonchev–Trinajstić information content (AvgIpc) is 2.65. The first-order valence-corrected chi connectivity index (χ1v) is 9.10. The zero-order valence-corrected chi connectivity index (χ0v) is 16.1. The Morgan fingerprint density at radius 1 is 1.19 bits per heavy atom. The summed E-state index contributed by atoms with van der Waals surface area (Å²) in [6.07, 6.45) is 0.594. The third-order valence-corrected chi connectivity index (χ3v) is 4.54. The summed E-state index contributed by atoms with van der Waals surface area (Å²) < 4.78 is 5.29. The molecule has 0 saturated heterocycles. The van der Waals surface area contributed by atoms with Gasteiger partial charge in [-0.2, -0.15) is 0 Å². The summed E-state index contributed by atoms with van der Waals surface area (Å²) >= 11 is 6.03. The Hall–Kier alpha value is -2.63. The van der Waals surface area contributed by atoms with Crippen molar-refractivity contribution in [2.45, 2.75) is 25.9 Å². The van der Waals surface area contributed by atoms with Crippen LogP contribution in [-0.4, -0.2) is 17.1 Å². The lowest BCUT2D eigenvalue weighted by Gasteiger charge is -2.20. The highest BCUT2D eigenvalue weighted by Gasteiger charge is 2.14. The Morgan fingerprint density at radius 2 is 1.96 bits per heavy atom. The smallest absolute Gasteiger partial charge is 0.251 e. The molecule has 3 rings (SSSR count). The van der Waals surface area contributed by atoms with Crippen LogP contribution in [0.3, 0.4) is 0 Å². The maximum absolute atomic E-state index is 11.8. The molecule has 1 atom stereocenters. The van der Waals surface area contributed by atoms with Gasteiger partial charge in [0, 0.05) is 35.8 Å². The van der Waals surface area contributed by atoms with Crippen LogP contribution in [0.2, 0.25) is 5.02 Å². The molecule has 0 amide bonds. The van der Waals surface area contributed by atoms with E-state index in [-0.39, 0.29) is 11.6 Å². The normalized spacial score (nSPS) is 12.0. The second-order valence-electron chi connectivity index (χ2n) is 6.36. The van der Waals surface area contributed by atoms with E-state index in [0.717, 1.165) is 22.6 Å². The minimum Gasteiger partial charge on any atom is -0.497 e. The predicted octanol–water partition coefficient (Wildman–Crippen LogP) is 3.81. The van der Waals surface area contributed by atoms with Crippen LogP contribution in [0.1, 0.15) is 28.7 Å². The van der Waals surface area contributed by atoms with Gasteiger partial charge >= 0.3 is 0 Å². The van der Waals surface area contributed by atoms with Crippen molar-refractivity contribution in [2.75, 3.05) is 7.11 Å². The lowest BCUT2D eigenvalue weighted by molar-refractivity contribution is 0.413. The summed E-state index contributed by atoms with van der Waals surface area (Å²) in [5.41, 5.74) is 2.81. The minimum atomic E-state index is -0.139. The summed E-state index contributed by atoms with van der Waals surface area (Å²) in [4.78, 5) is 18.9. The molecule has 140 valence electrons. The van der Waals surface area contributed by atoms with Crippen molar-refractivity contribution in [3.05, 3.63) is 92.6 Å². The van der Waals surface area contributed by atoms with E-state index in [4.69, 9.17) is 16.3 Å². The van der Waals surface area contributed by atoms with Gasteiger partial charge in [-0.25, -0.2) is 4.98 Å². The molecule has 6 heteroatoms. The van der Waals surface area contributed by atoms with Crippen LogP contribution < -0.4 is 15.6 Å². The number of halogens is 1. The average molecular weight is 384 g/mol. The largest absolute Gasteiger partial charge is 0.497 e. The number of H-pyrrole nitrogens is 1. The fraction of sp³-hybridized carbons (Fsp3) is 0.238. The van der Waals surface area contributed by atoms with Gasteiger partial charge < -0.3 is 15.0 Å². The molecule has 0 aliphatic heterocycles. The van der Waals surface area contributed by atoms with Crippen molar-refractivity contribution >= 4 is 11.6 Å². The lowest BCUT2D eigenvalue weighted by Crippen LogP contribution is -2.24. The van der Waals surface area contributed by atoms with Gasteiger partial charge in [0.2, 0.25) is 0 Å². The maximum atomic E-state index is 11.8. The number of aromatic nitrogens is 2. The topological polar surface area (TPSA) is 67.0 Å². The molecule has 1 aromatic heterocycles. The van der Waals surface area contributed by atoms with Crippen LogP contribution in [0.25, 0.3) is 0 Å². The van der Waals surface area contributed by atoms with Gasteiger partial charge in [0.15, 0.2) is 0 Å². The number of hydrogen-bond donors (Lipinski definition) is 2. The van der Waals surface area contributed by atoms with E-state index in [1.54, 1.807) is 20.1 Å². The number of aromatic amines is 1. The first kappa shape index (κ1) is 19.1. The molecule has 27 heavy (non-hydrogen) atoms. The molecule has 0 saturated carbocycles. The quantitative estimate of drug-likeness (QED) is 0.651. The summed E-state index contributed by atoms with van der Waals surface area (Å²) in [5.74, 6) is 1.43. The number of hydrogen-bond acceptors (Lipinski definition) is 4. The van der Waals surface area contributed by atoms with Gasteiger partial charge in [-0.15, -0.1) is 0 Å². The Morgan fingerprint density at radius 3 is 2.67 bits per heavy atom. The molecular formula is C21H22ClN3O2. The summed E-state index contributed by atoms with van der Waals surface area (Å²) in [5, 5.41) is 4.25. The van der Waals surface area contributed by atoms with E-state index in [1.165, 1.54) is 0 Å². The van der Waals surface area contributed by atoms with Gasteiger partial charge in [0.05, 0.1) is 7.11 Å². The molecule has 0 unspecified atom stereocenters. The van der Waals surface area contributed by atoms with Crippen LogP contribution in [-0.2, 0) is 13.0 Å². The van der Waals surface area contributed by atoms with Crippen molar-refractivity contribution < 1.29 is 4.74 Å². The maximum Gasteiger partial charge on any atom is 0.251 e. The molecule has 0 spiro atoms. The van der Waals surface area contributed by atoms with E-state index in [2.05, 4.69) is 15.3 Å². The number of nitrogens with one attached hydrogen (secondary N) is 2. The van der Waals surface area contributed by atoms with Crippen molar-refractivity contribution in [1.29, 1.82) is 0 Å². The Labute approximate surface area is 163 Å². The molecule has 0 aliphatic rings. The second kappa shape index (κ2) is 8.84. The van der Waals surface area contributed by atoms with Crippen molar-refractivity contribution in [2.24, 2.45) is 0 Å². The number of ether oxygens (including phenoxy) is 1. The summed E-state index contributed by atoms with van der Waals surface area (Å²) in [6.45, 7) is 2.44. The van der Waals surface area contributed by atoms with Crippen molar-refractivity contribution in [3.8, 4) is 5.75 Å². The third kappa shape index (κ3) is 5.42. The predicted molar refractivity (Wildman–Crippen MR) is 107 cm³/mol. The monoisotopic (exact) mass is 383 g/mol. The van der Waals surface area contributed by atoms with E-state index in [0.29, 0.717) is 23.8 Å². The fourth-order valence-electron chi connectivity index (χ4n) is 2.98. The van der Waals surface area contributed by atoms with Crippen molar-refractivity contribution in [1.82, 2.24) is 15.3 Å². The fourth-order valence-corrected chi connectivity index (χ4v) is 3.11. The summed E-state index contributed by atoms with van der Waals surface area (Å²) in [7, 11) is 1.66. The van der Waals surface area contributed by atoms with Crippen LogP contribution in [0.5, 0.6) is 5.75 Å². The number of benzene rings is 2. The van der Waals surface area contributed by atoms with Gasteiger partial charge in [-0.05, 0) is 42.3 Å². The highest BCUT2D eigenvalue weighted by atomic mass is 35.5. The Kier molecular flexibility index (Phi) is 6.27. The molecule has 0 aliphatic carbocycles. The first-order valence-electron chi connectivity index (χ1n) is 8.72. The number of nitrogens with zero attached hydrogens (tertiary/aromatic N) is 1. The Bertz CT molecular complexity index is 954. The highest BCUT2D eigenvalue weighted by Crippen LogP contribution is 2.21. The first-order chi connectivity index (χ1) is 13.0. The van der Waals surface area contributed by atoms with Gasteiger partial charge in [0.25, 0.3) is 5.56 Å². The standard InChI is InChI=1S/C21H22ClN3O2/c1-14-24-18(12-21(26)25-14)11-20(16-6-8-17(22)9-7-16)23-13-15-4-3-5-19(10-15)27-2/h3-10,12,20,23H,11,13H2,1-2H3,(H,24,25,26)/t20-/m0/s1. The van der Waals surface area contributed by atoms with Crippen LogP contribution in [0, 0.1) is 6.92 Å². The van der Waals surface area contributed by atoms with Gasteiger partial charge in [-0.1, -0.05) is 35.9 Å². The highest BCUT2D eigenvalue weighted by molar-refractivity contribution is 6.30. The molecule has 2 aromatic carbocycles. The molecule has 2 N–H and O–H groups in total. The van der Waals surface area contributed by atoms with Crippen LogP contribution >= 0.6 is 11.6 Å². The Balaban J connectivity index is 1.82. The van der Waals surface area contributed by atoms with Crippen molar-refractivity contribution in [3.63, 3.8) is 0 Å². The molecule has 0 fully saturated rings. The number of rotatable bonds is 7. The molecule has 0 radical (unpaired) electrons. The lowest BCUT2D eigenvalue weighted by atomic mass is 10.0. The molecule has 5 nitrogen and oxygen atoms in total. The molecule has 3 aromatic rings. The zero-order valence-electron chi connectivity index (χ0n) is 15.3. The third-order valence-electron chi connectivity index (χ3n) is 4.29. The van der Waals surface area contributed by atoms with Gasteiger partial charge in [0.1, 0.15) is 11.6 Å². The summed E-state index contributed by atoms with van der Waals surface area (Å²) in [6, 6.07) is 17.2. The van der Waals surface area contributed by atoms with Crippen LogP contribution in [0.15, 0.2) is 59.4 Å². The molecule has 0 bridgehead atoms. The van der Waals surface area contributed by atoms with Gasteiger partial charge in [-0.3, -0.25) is 4.79 Å². The minimum absolute atomic E-state index is 0.0119. The second-order valence-corrected chi connectivity index (χ2v) is 6.80. The zero-order chi connectivity index (χ0) is 19.2. The number of methoxy groups -OCH3 is 1. The molecular weight excluding hydrogens is 362 g/mol. The van der Waals surface area contributed by atoms with E-state index in [9.17, 15) is 4.79 Å². The molecule has 1 heterocycles.